The number of sulfonamides is 1. The third-order valence-corrected chi connectivity index (χ3v) is 5.27. The molecule has 0 fully saturated rings. The summed E-state index contributed by atoms with van der Waals surface area (Å²) in [6, 6.07) is 4.74. The maximum atomic E-state index is 12.1. The number of nitrogens with one attached hydrogen (secondary N) is 1. The van der Waals surface area contributed by atoms with Gasteiger partial charge in [0.2, 0.25) is 10.0 Å². The summed E-state index contributed by atoms with van der Waals surface area (Å²) in [5.74, 6) is -2.35. The number of benzene rings is 1. The molecule has 2 aromatic rings. The van der Waals surface area contributed by atoms with E-state index in [0.29, 0.717) is 0 Å². The van der Waals surface area contributed by atoms with Crippen LogP contribution in [-0.4, -0.2) is 40.0 Å². The minimum Gasteiger partial charge on any atom is -0.465 e. The molecule has 1 aromatic carbocycles. The van der Waals surface area contributed by atoms with Crippen molar-refractivity contribution in [2.24, 2.45) is 5.14 Å². The van der Waals surface area contributed by atoms with Gasteiger partial charge in [0, 0.05) is 0 Å². The summed E-state index contributed by atoms with van der Waals surface area (Å²) in [5.41, 5.74) is -0.0519. The van der Waals surface area contributed by atoms with Crippen LogP contribution in [0, 0.1) is 0 Å². The third-order valence-electron chi connectivity index (χ3n) is 3.13. The zero-order valence-electron chi connectivity index (χ0n) is 13.7. The Morgan fingerprint density at radius 1 is 1.22 bits per heavy atom. The van der Waals surface area contributed by atoms with Gasteiger partial charge < -0.3 is 14.8 Å². The summed E-state index contributed by atoms with van der Waals surface area (Å²) in [4.78, 5) is 35.4. The Balaban J connectivity index is 2.05. The number of rotatable bonds is 6. The third kappa shape index (κ3) is 5.26. The van der Waals surface area contributed by atoms with Gasteiger partial charge in [-0.3, -0.25) is 4.79 Å². The molecular weight excluding hydrogens is 420 g/mol. The second kappa shape index (κ2) is 8.48. The average Bonchev–Trinajstić information content (AvgIpc) is 3.06. The molecule has 0 saturated carbocycles. The van der Waals surface area contributed by atoms with Crippen molar-refractivity contribution in [1.82, 2.24) is 0 Å². The summed E-state index contributed by atoms with van der Waals surface area (Å²) >= 11 is 6.92. The van der Waals surface area contributed by atoms with Gasteiger partial charge in [-0.05, 0) is 29.6 Å². The molecule has 0 bridgehead atoms. The van der Waals surface area contributed by atoms with Gasteiger partial charge in [0.1, 0.15) is 4.88 Å². The minimum atomic E-state index is -4.04. The summed E-state index contributed by atoms with van der Waals surface area (Å²) in [6.07, 6.45) is 0. The highest BCUT2D eigenvalue weighted by Crippen LogP contribution is 2.23. The number of nitrogens with two attached hydrogens (primary N) is 1. The van der Waals surface area contributed by atoms with Crippen LogP contribution in [0.5, 0.6) is 0 Å². The van der Waals surface area contributed by atoms with E-state index in [-0.39, 0.29) is 26.0 Å². The van der Waals surface area contributed by atoms with Gasteiger partial charge in [0.25, 0.3) is 5.91 Å². The molecule has 1 heterocycles. The van der Waals surface area contributed by atoms with Crippen molar-refractivity contribution in [2.45, 2.75) is 4.90 Å². The van der Waals surface area contributed by atoms with Crippen molar-refractivity contribution in [3.63, 3.8) is 0 Å². The number of anilines is 1. The number of thiophene rings is 1. The number of ether oxygens (including phenoxy) is 2. The quantitative estimate of drug-likeness (QED) is 0.660. The maximum Gasteiger partial charge on any atom is 0.350 e. The first-order valence-electron chi connectivity index (χ1n) is 7.08. The van der Waals surface area contributed by atoms with E-state index >= 15 is 0 Å². The van der Waals surface area contributed by atoms with Gasteiger partial charge in [-0.2, -0.15) is 0 Å². The monoisotopic (exact) mass is 432 g/mol. The molecule has 0 aliphatic carbocycles. The van der Waals surface area contributed by atoms with Crippen LogP contribution in [0.1, 0.15) is 20.0 Å². The maximum absolute atomic E-state index is 12.1. The second-order valence-corrected chi connectivity index (χ2v) is 7.85. The summed E-state index contributed by atoms with van der Waals surface area (Å²) in [5, 5.41) is 8.91. The number of hydrogen-bond donors (Lipinski definition) is 2. The summed E-state index contributed by atoms with van der Waals surface area (Å²) < 4.78 is 32.1. The normalized spacial score (nSPS) is 10.9. The lowest BCUT2D eigenvalue weighted by Crippen LogP contribution is -2.22. The Bertz CT molecular complexity index is 1000. The number of hydrogen-bond acceptors (Lipinski definition) is 8. The number of methoxy groups -OCH3 is 1. The number of halogens is 1. The number of esters is 2. The van der Waals surface area contributed by atoms with Gasteiger partial charge >= 0.3 is 11.9 Å². The lowest BCUT2D eigenvalue weighted by Gasteiger charge is -2.08. The van der Waals surface area contributed by atoms with E-state index in [9.17, 15) is 22.8 Å². The predicted molar refractivity (Wildman–Crippen MR) is 97.4 cm³/mol. The van der Waals surface area contributed by atoms with Crippen LogP contribution < -0.4 is 10.5 Å². The Morgan fingerprint density at radius 3 is 2.56 bits per heavy atom. The van der Waals surface area contributed by atoms with Gasteiger partial charge in [-0.25, -0.2) is 23.1 Å². The standard InChI is InChI=1S/C15H13ClN2O7S2/c1-24-15(21)13-11(4-5-26-13)18-12(19)7-25-14(20)9-6-8(27(17,22)23)2-3-10(9)16/h2-6H,7H2,1H3,(H,18,19)(H2,17,22,23). The fourth-order valence-corrected chi connectivity index (χ4v) is 3.39. The van der Waals surface area contributed by atoms with Gasteiger partial charge in [-0.15, -0.1) is 11.3 Å². The Kier molecular flexibility index (Phi) is 6.54. The van der Waals surface area contributed by atoms with Crippen LogP contribution in [0.15, 0.2) is 34.5 Å². The molecule has 0 aliphatic heterocycles. The molecule has 0 saturated heterocycles. The van der Waals surface area contributed by atoms with E-state index in [1.807, 2.05) is 0 Å². The van der Waals surface area contributed by atoms with Crippen molar-refractivity contribution in [3.05, 3.63) is 45.1 Å². The summed E-state index contributed by atoms with van der Waals surface area (Å²) in [6.45, 7) is -0.689. The number of carbonyl (C=O) groups excluding carboxylic acids is 3. The van der Waals surface area contributed by atoms with E-state index in [0.717, 1.165) is 23.5 Å². The smallest absolute Gasteiger partial charge is 0.350 e. The Labute approximate surface area is 163 Å². The Hall–Kier alpha value is -2.47. The van der Waals surface area contributed by atoms with Crippen LogP contribution in [-0.2, 0) is 24.3 Å². The van der Waals surface area contributed by atoms with Crippen LogP contribution in [0.3, 0.4) is 0 Å². The lowest BCUT2D eigenvalue weighted by atomic mass is 10.2. The first-order valence-corrected chi connectivity index (χ1v) is 9.89. The fraction of sp³-hybridized carbons (Fsp3) is 0.133. The summed E-state index contributed by atoms with van der Waals surface area (Å²) in [7, 11) is -2.84. The molecule has 9 nitrogen and oxygen atoms in total. The molecule has 0 unspecified atom stereocenters. The highest BCUT2D eigenvalue weighted by Gasteiger charge is 2.19. The van der Waals surface area contributed by atoms with Crippen LogP contribution >= 0.6 is 22.9 Å². The topological polar surface area (TPSA) is 142 Å². The predicted octanol–water partition coefficient (Wildman–Crippen LogP) is 1.63. The molecular formula is C15H13ClN2O7S2. The van der Waals surface area contributed by atoms with Crippen molar-refractivity contribution in [2.75, 3.05) is 19.0 Å². The van der Waals surface area contributed by atoms with Crippen molar-refractivity contribution in [1.29, 1.82) is 0 Å². The van der Waals surface area contributed by atoms with Crippen LogP contribution in [0.2, 0.25) is 5.02 Å². The molecule has 0 radical (unpaired) electrons. The van der Waals surface area contributed by atoms with Crippen molar-refractivity contribution < 1.29 is 32.3 Å². The van der Waals surface area contributed by atoms with E-state index in [1.165, 1.54) is 19.2 Å². The molecule has 0 atom stereocenters. The van der Waals surface area contributed by atoms with Crippen LogP contribution in [0.4, 0.5) is 5.69 Å². The van der Waals surface area contributed by atoms with E-state index in [2.05, 4.69) is 10.1 Å². The van der Waals surface area contributed by atoms with Gasteiger partial charge in [0.15, 0.2) is 6.61 Å². The molecule has 12 heteroatoms. The molecule has 27 heavy (non-hydrogen) atoms. The largest absolute Gasteiger partial charge is 0.465 e. The SMILES string of the molecule is COC(=O)c1sccc1NC(=O)COC(=O)c1cc(S(N)(=O)=O)ccc1Cl. The number of carbonyl (C=O) groups is 3. The second-order valence-electron chi connectivity index (χ2n) is 4.97. The van der Waals surface area contributed by atoms with E-state index in [1.54, 1.807) is 5.38 Å². The molecule has 3 N–H and O–H groups in total. The molecule has 0 aliphatic rings. The highest BCUT2D eigenvalue weighted by molar-refractivity contribution is 7.89. The van der Waals surface area contributed by atoms with Gasteiger partial charge in [-0.1, -0.05) is 11.6 Å². The number of primary sulfonamides is 1. The fourth-order valence-electron chi connectivity index (χ4n) is 1.89. The zero-order valence-corrected chi connectivity index (χ0v) is 16.1. The number of amides is 1. The van der Waals surface area contributed by atoms with E-state index in [4.69, 9.17) is 21.5 Å². The highest BCUT2D eigenvalue weighted by atomic mass is 35.5. The zero-order chi connectivity index (χ0) is 20.2. The van der Waals surface area contributed by atoms with E-state index < -0.39 is 34.5 Å². The molecule has 144 valence electrons. The first kappa shape index (κ1) is 20.8. The lowest BCUT2D eigenvalue weighted by molar-refractivity contribution is -0.119. The van der Waals surface area contributed by atoms with Gasteiger partial charge in [0.05, 0.1) is 28.3 Å². The molecule has 1 aromatic heterocycles. The Morgan fingerprint density at radius 2 is 1.93 bits per heavy atom. The minimum absolute atomic E-state index is 0.0707. The molecule has 2 rings (SSSR count). The molecule has 1 amide bonds. The van der Waals surface area contributed by atoms with Crippen molar-refractivity contribution in [3.8, 4) is 0 Å². The molecule has 0 spiro atoms. The van der Waals surface area contributed by atoms with Crippen LogP contribution in [0.25, 0.3) is 0 Å². The first-order chi connectivity index (χ1) is 12.6. The average molecular weight is 433 g/mol. The van der Waals surface area contributed by atoms with Crippen molar-refractivity contribution >= 4 is 56.5 Å².